The number of rotatable bonds is 4. The summed E-state index contributed by atoms with van der Waals surface area (Å²) in [5.41, 5.74) is 1.94. The van der Waals surface area contributed by atoms with Gasteiger partial charge in [0.15, 0.2) is 5.78 Å². The van der Waals surface area contributed by atoms with Crippen molar-refractivity contribution in [2.24, 2.45) is 0 Å². The highest BCUT2D eigenvalue weighted by Crippen LogP contribution is 2.16. The molecule has 1 nitrogen and oxygen atoms in total. The number of benzene rings is 3. The molecule has 3 aromatic carbocycles. The van der Waals surface area contributed by atoms with E-state index in [1.807, 2.05) is 48.5 Å². The first-order valence-electron chi connectivity index (χ1n) is 7.06. The molecule has 0 amide bonds. The van der Waals surface area contributed by atoms with Crippen LogP contribution in [0.2, 0.25) is 0 Å². The van der Waals surface area contributed by atoms with Crippen molar-refractivity contribution in [3.05, 3.63) is 96.1 Å². The largest absolute Gasteiger partial charge is 0.289 e. The minimum Gasteiger partial charge on any atom is -0.289 e. The summed E-state index contributed by atoms with van der Waals surface area (Å²) in [5.74, 6) is 0.0522. The van der Waals surface area contributed by atoms with E-state index in [0.717, 1.165) is 12.0 Å². The van der Waals surface area contributed by atoms with Crippen molar-refractivity contribution in [1.82, 2.24) is 0 Å². The highest BCUT2D eigenvalue weighted by Gasteiger charge is 1.99. The zero-order valence-corrected chi connectivity index (χ0v) is 11.7. The van der Waals surface area contributed by atoms with E-state index in [1.165, 1.54) is 16.3 Å². The van der Waals surface area contributed by atoms with Crippen molar-refractivity contribution >= 4 is 16.6 Å². The van der Waals surface area contributed by atoms with Crippen molar-refractivity contribution in [2.45, 2.75) is 6.42 Å². The maximum Gasteiger partial charge on any atom is 0.185 e. The van der Waals surface area contributed by atoms with Gasteiger partial charge in [-0.05, 0) is 28.8 Å². The zero-order chi connectivity index (χ0) is 14.5. The van der Waals surface area contributed by atoms with E-state index in [9.17, 15) is 4.79 Å². The van der Waals surface area contributed by atoms with Gasteiger partial charge in [-0.15, -0.1) is 0 Å². The SMILES string of the molecule is O=C(/C=C/Cc1ccc2ccccc2c1)c1ccccc1. The summed E-state index contributed by atoms with van der Waals surface area (Å²) in [6, 6.07) is 24.0. The lowest BCUT2D eigenvalue weighted by atomic mass is 10.0. The summed E-state index contributed by atoms with van der Waals surface area (Å²) in [7, 11) is 0. The van der Waals surface area contributed by atoms with Crippen LogP contribution in [-0.2, 0) is 6.42 Å². The number of allylic oxidation sites excluding steroid dienone is 2. The Morgan fingerprint density at radius 1 is 0.810 bits per heavy atom. The van der Waals surface area contributed by atoms with Crippen LogP contribution in [0.3, 0.4) is 0 Å². The van der Waals surface area contributed by atoms with Gasteiger partial charge in [-0.1, -0.05) is 78.9 Å². The van der Waals surface area contributed by atoms with Gasteiger partial charge in [0.2, 0.25) is 0 Å². The molecule has 1 heteroatoms. The van der Waals surface area contributed by atoms with Crippen LogP contribution in [0.1, 0.15) is 15.9 Å². The fraction of sp³-hybridized carbons (Fsp3) is 0.0500. The normalized spacial score (nSPS) is 11.0. The minimum absolute atomic E-state index is 0.0522. The van der Waals surface area contributed by atoms with Crippen LogP contribution >= 0.6 is 0 Å². The molecule has 0 saturated heterocycles. The Hall–Kier alpha value is -2.67. The Labute approximate surface area is 124 Å². The fourth-order valence-electron chi connectivity index (χ4n) is 2.37. The van der Waals surface area contributed by atoms with E-state index in [4.69, 9.17) is 0 Å². The molecule has 0 bridgehead atoms. The van der Waals surface area contributed by atoms with Crippen LogP contribution in [-0.4, -0.2) is 5.78 Å². The molecule has 102 valence electrons. The predicted octanol–water partition coefficient (Wildman–Crippen LogP) is 4.82. The van der Waals surface area contributed by atoms with Gasteiger partial charge in [0.05, 0.1) is 0 Å². The molecule has 21 heavy (non-hydrogen) atoms. The van der Waals surface area contributed by atoms with Crippen molar-refractivity contribution < 1.29 is 4.79 Å². The van der Waals surface area contributed by atoms with Gasteiger partial charge in [-0.2, -0.15) is 0 Å². The van der Waals surface area contributed by atoms with Crippen molar-refractivity contribution in [1.29, 1.82) is 0 Å². The van der Waals surface area contributed by atoms with Crippen LogP contribution in [0, 0.1) is 0 Å². The summed E-state index contributed by atoms with van der Waals surface area (Å²) in [4.78, 5) is 12.0. The van der Waals surface area contributed by atoms with Crippen LogP contribution in [0.15, 0.2) is 84.9 Å². The lowest BCUT2D eigenvalue weighted by Gasteiger charge is -2.01. The summed E-state index contributed by atoms with van der Waals surface area (Å²) < 4.78 is 0. The fourth-order valence-corrected chi connectivity index (χ4v) is 2.37. The predicted molar refractivity (Wildman–Crippen MR) is 87.6 cm³/mol. The molecule has 3 rings (SSSR count). The topological polar surface area (TPSA) is 17.1 Å². The molecule has 0 unspecified atom stereocenters. The van der Waals surface area contributed by atoms with Gasteiger partial charge in [0, 0.05) is 5.56 Å². The van der Waals surface area contributed by atoms with E-state index >= 15 is 0 Å². The molecule has 0 atom stereocenters. The Morgan fingerprint density at radius 2 is 1.52 bits per heavy atom. The van der Waals surface area contributed by atoms with Gasteiger partial charge >= 0.3 is 0 Å². The van der Waals surface area contributed by atoms with Crippen LogP contribution in [0.25, 0.3) is 10.8 Å². The number of hydrogen-bond acceptors (Lipinski definition) is 1. The minimum atomic E-state index is 0.0522. The zero-order valence-electron chi connectivity index (χ0n) is 11.7. The van der Waals surface area contributed by atoms with E-state index in [1.54, 1.807) is 6.08 Å². The van der Waals surface area contributed by atoms with Crippen LogP contribution < -0.4 is 0 Å². The first-order valence-corrected chi connectivity index (χ1v) is 7.06. The molecular weight excluding hydrogens is 256 g/mol. The number of carbonyl (C=O) groups is 1. The van der Waals surface area contributed by atoms with Gasteiger partial charge < -0.3 is 0 Å². The number of ketones is 1. The molecule has 0 fully saturated rings. The molecule has 0 aromatic heterocycles. The molecule has 0 N–H and O–H groups in total. The van der Waals surface area contributed by atoms with E-state index < -0.39 is 0 Å². The summed E-state index contributed by atoms with van der Waals surface area (Å²) >= 11 is 0. The molecular formula is C20H16O. The third-order valence-corrected chi connectivity index (χ3v) is 3.49. The highest BCUT2D eigenvalue weighted by molar-refractivity contribution is 6.04. The first kappa shape index (κ1) is 13.3. The quantitative estimate of drug-likeness (QED) is 0.491. The third kappa shape index (κ3) is 3.26. The maximum absolute atomic E-state index is 12.0. The number of carbonyl (C=O) groups excluding carboxylic acids is 1. The lowest BCUT2D eigenvalue weighted by molar-refractivity contribution is 0.104. The third-order valence-electron chi connectivity index (χ3n) is 3.49. The van der Waals surface area contributed by atoms with E-state index in [2.05, 4.69) is 30.3 Å². The smallest absolute Gasteiger partial charge is 0.185 e. The maximum atomic E-state index is 12.0. The molecule has 0 saturated carbocycles. The van der Waals surface area contributed by atoms with Crippen molar-refractivity contribution in [2.75, 3.05) is 0 Å². The lowest BCUT2D eigenvalue weighted by Crippen LogP contribution is -1.93. The van der Waals surface area contributed by atoms with Gasteiger partial charge in [-0.25, -0.2) is 0 Å². The van der Waals surface area contributed by atoms with Crippen LogP contribution in [0.5, 0.6) is 0 Å². The summed E-state index contributed by atoms with van der Waals surface area (Å²) in [6.45, 7) is 0. The molecule has 0 aliphatic carbocycles. The molecule has 0 radical (unpaired) electrons. The Bertz CT molecular complexity index is 785. The molecule has 0 aliphatic rings. The van der Waals surface area contributed by atoms with Gasteiger partial charge in [0.1, 0.15) is 0 Å². The Morgan fingerprint density at radius 3 is 2.33 bits per heavy atom. The monoisotopic (exact) mass is 272 g/mol. The Balaban J connectivity index is 1.71. The second-order valence-corrected chi connectivity index (χ2v) is 5.02. The molecule has 3 aromatic rings. The number of fused-ring (bicyclic) bond motifs is 1. The first-order chi connectivity index (χ1) is 10.3. The second-order valence-electron chi connectivity index (χ2n) is 5.02. The summed E-state index contributed by atoms with van der Waals surface area (Å²) in [6.07, 6.45) is 4.35. The van der Waals surface area contributed by atoms with Crippen molar-refractivity contribution in [3.63, 3.8) is 0 Å². The Kier molecular flexibility index (Phi) is 3.92. The number of hydrogen-bond donors (Lipinski definition) is 0. The highest BCUT2D eigenvalue weighted by atomic mass is 16.1. The van der Waals surface area contributed by atoms with E-state index in [-0.39, 0.29) is 5.78 Å². The average Bonchev–Trinajstić information content (AvgIpc) is 2.55. The average molecular weight is 272 g/mol. The van der Waals surface area contributed by atoms with Gasteiger partial charge in [-0.3, -0.25) is 4.79 Å². The molecule has 0 aliphatic heterocycles. The second kappa shape index (κ2) is 6.19. The molecule has 0 heterocycles. The van der Waals surface area contributed by atoms with Crippen LogP contribution in [0.4, 0.5) is 0 Å². The van der Waals surface area contributed by atoms with Crippen molar-refractivity contribution in [3.8, 4) is 0 Å². The summed E-state index contributed by atoms with van der Waals surface area (Å²) in [5, 5.41) is 2.48. The van der Waals surface area contributed by atoms with Gasteiger partial charge in [0.25, 0.3) is 0 Å². The van der Waals surface area contributed by atoms with E-state index in [0.29, 0.717) is 0 Å². The standard InChI is InChI=1S/C20H16O/c21-20(18-9-2-1-3-10-18)12-6-7-16-13-14-17-8-4-5-11-19(17)15-16/h1-6,8-15H,7H2/b12-6+. The molecule has 0 spiro atoms.